The van der Waals surface area contributed by atoms with Crippen LogP contribution in [0.15, 0.2) is 11.6 Å². The predicted molar refractivity (Wildman–Crippen MR) is 96.5 cm³/mol. The molecule has 0 radical (unpaired) electrons. The molecule has 3 saturated carbocycles. The number of alkyl halides is 1. The Morgan fingerprint density at radius 3 is 2.56 bits per heavy atom. The Labute approximate surface area is 159 Å². The van der Waals surface area contributed by atoms with Gasteiger partial charge in [0.15, 0.2) is 5.78 Å². The van der Waals surface area contributed by atoms with Crippen LogP contribution in [-0.2, 0) is 4.79 Å². The lowest BCUT2D eigenvalue weighted by molar-refractivity contribution is -0.227. The second-order valence-corrected chi connectivity index (χ2v) is 9.77. The SMILES string of the molecule is C[C@]12CCC(O)C=C1CC[C@H]1[C@@H]3CC[C@](O)(C(=O)CO)[C@@]3(C)C[C@H](O)[C@@]12F. The molecule has 8 atom stereocenters. The molecule has 0 aromatic carbocycles. The van der Waals surface area contributed by atoms with Crippen molar-refractivity contribution in [2.24, 2.45) is 22.7 Å². The third-order valence-corrected chi connectivity index (χ3v) is 8.93. The summed E-state index contributed by atoms with van der Waals surface area (Å²) in [6.07, 6.45) is 2.76. The number of hydrogen-bond donors (Lipinski definition) is 4. The van der Waals surface area contributed by atoms with Gasteiger partial charge in [0.1, 0.15) is 17.9 Å². The number of ketones is 1. The average molecular weight is 382 g/mol. The Hall–Kier alpha value is -0.820. The van der Waals surface area contributed by atoms with Crippen molar-refractivity contribution in [2.45, 2.75) is 82.3 Å². The fraction of sp³-hybridized carbons (Fsp3) is 0.857. The summed E-state index contributed by atoms with van der Waals surface area (Å²) in [6.45, 7) is 2.89. The number of Topliss-reactive ketones (excluding diaryl/α,β-unsaturated/α-hetero) is 1. The zero-order chi connectivity index (χ0) is 19.8. The van der Waals surface area contributed by atoms with Crippen LogP contribution in [0, 0.1) is 22.7 Å². The van der Waals surface area contributed by atoms with Crippen LogP contribution in [-0.4, -0.2) is 56.3 Å². The van der Waals surface area contributed by atoms with E-state index >= 15 is 4.39 Å². The summed E-state index contributed by atoms with van der Waals surface area (Å²) in [6, 6.07) is 0. The second-order valence-electron chi connectivity index (χ2n) is 9.77. The van der Waals surface area contributed by atoms with Gasteiger partial charge >= 0.3 is 0 Å². The van der Waals surface area contributed by atoms with Gasteiger partial charge in [-0.05, 0) is 50.9 Å². The highest BCUT2D eigenvalue weighted by molar-refractivity contribution is 5.89. The quantitative estimate of drug-likeness (QED) is 0.545. The van der Waals surface area contributed by atoms with Gasteiger partial charge in [-0.2, -0.15) is 0 Å². The monoisotopic (exact) mass is 382 g/mol. The molecule has 0 aromatic heterocycles. The maximum Gasteiger partial charge on any atom is 0.190 e. The fourth-order valence-corrected chi connectivity index (χ4v) is 7.31. The van der Waals surface area contributed by atoms with E-state index in [1.54, 1.807) is 13.0 Å². The number of hydrogen-bond acceptors (Lipinski definition) is 5. The van der Waals surface area contributed by atoms with Crippen LogP contribution < -0.4 is 0 Å². The Kier molecular flexibility index (Phi) is 4.22. The Bertz CT molecular complexity index is 694. The van der Waals surface area contributed by atoms with Crippen LogP contribution in [0.3, 0.4) is 0 Å². The molecular formula is C21H31FO5. The van der Waals surface area contributed by atoms with Crippen molar-refractivity contribution in [3.8, 4) is 0 Å². The molecule has 0 spiro atoms. The minimum absolute atomic E-state index is 0.00166. The number of aliphatic hydroxyl groups excluding tert-OH is 3. The van der Waals surface area contributed by atoms with E-state index in [1.165, 1.54) is 0 Å². The first-order valence-electron chi connectivity index (χ1n) is 10.2. The predicted octanol–water partition coefficient (Wildman–Crippen LogP) is 1.67. The van der Waals surface area contributed by atoms with E-state index in [4.69, 9.17) is 0 Å². The number of carbonyl (C=O) groups excluding carboxylic acids is 1. The maximum absolute atomic E-state index is 16.8. The number of aliphatic hydroxyl groups is 4. The molecule has 0 bridgehead atoms. The topological polar surface area (TPSA) is 98.0 Å². The average Bonchev–Trinajstić information content (AvgIpc) is 2.88. The van der Waals surface area contributed by atoms with Crippen LogP contribution in [0.4, 0.5) is 4.39 Å². The molecular weight excluding hydrogens is 351 g/mol. The summed E-state index contributed by atoms with van der Waals surface area (Å²) in [5.74, 6) is -1.31. The van der Waals surface area contributed by atoms with Crippen LogP contribution >= 0.6 is 0 Å². The molecule has 1 unspecified atom stereocenters. The highest BCUT2D eigenvalue weighted by Crippen LogP contribution is 2.70. The summed E-state index contributed by atoms with van der Waals surface area (Å²) in [5.41, 5.74) is -4.44. The number of carbonyl (C=O) groups is 1. The lowest BCUT2D eigenvalue weighted by Crippen LogP contribution is -2.69. The normalized spacial score (nSPS) is 54.6. The number of fused-ring (bicyclic) bond motifs is 5. The van der Waals surface area contributed by atoms with E-state index in [1.807, 2.05) is 6.92 Å². The van der Waals surface area contributed by atoms with Crippen molar-refractivity contribution in [3.63, 3.8) is 0 Å². The molecule has 4 aliphatic carbocycles. The zero-order valence-corrected chi connectivity index (χ0v) is 16.1. The van der Waals surface area contributed by atoms with Crippen molar-refractivity contribution >= 4 is 5.78 Å². The van der Waals surface area contributed by atoms with Crippen molar-refractivity contribution in [3.05, 3.63) is 11.6 Å². The molecule has 0 saturated heterocycles. The van der Waals surface area contributed by atoms with Gasteiger partial charge in [0, 0.05) is 16.7 Å². The Balaban J connectivity index is 1.79. The van der Waals surface area contributed by atoms with Gasteiger partial charge in [0.05, 0.1) is 12.2 Å². The maximum atomic E-state index is 16.8. The molecule has 6 heteroatoms. The molecule has 0 aromatic rings. The highest BCUT2D eigenvalue weighted by atomic mass is 19.1. The molecule has 0 amide bonds. The summed E-state index contributed by atoms with van der Waals surface area (Å²) < 4.78 is 16.8. The zero-order valence-electron chi connectivity index (χ0n) is 16.1. The molecule has 5 nitrogen and oxygen atoms in total. The van der Waals surface area contributed by atoms with Crippen LogP contribution in [0.1, 0.15) is 58.8 Å². The van der Waals surface area contributed by atoms with Crippen molar-refractivity contribution < 1.29 is 29.6 Å². The smallest absolute Gasteiger partial charge is 0.190 e. The van der Waals surface area contributed by atoms with Gasteiger partial charge in [-0.15, -0.1) is 0 Å². The van der Waals surface area contributed by atoms with Gasteiger partial charge in [-0.25, -0.2) is 4.39 Å². The van der Waals surface area contributed by atoms with Gasteiger partial charge < -0.3 is 20.4 Å². The largest absolute Gasteiger partial charge is 0.390 e. The minimum atomic E-state index is -1.84. The van der Waals surface area contributed by atoms with E-state index in [9.17, 15) is 25.2 Å². The first-order chi connectivity index (χ1) is 12.5. The third-order valence-electron chi connectivity index (χ3n) is 8.93. The third kappa shape index (κ3) is 2.16. The van der Waals surface area contributed by atoms with Gasteiger partial charge in [0.2, 0.25) is 0 Å². The first-order valence-corrected chi connectivity index (χ1v) is 10.2. The van der Waals surface area contributed by atoms with Crippen molar-refractivity contribution in [1.82, 2.24) is 0 Å². The molecule has 0 aliphatic heterocycles. The van der Waals surface area contributed by atoms with Gasteiger partial charge in [-0.1, -0.05) is 25.5 Å². The summed E-state index contributed by atoms with van der Waals surface area (Å²) >= 11 is 0. The summed E-state index contributed by atoms with van der Waals surface area (Å²) in [7, 11) is 0. The molecule has 152 valence electrons. The van der Waals surface area contributed by atoms with Crippen LogP contribution in [0.25, 0.3) is 0 Å². The van der Waals surface area contributed by atoms with Crippen molar-refractivity contribution in [1.29, 1.82) is 0 Å². The molecule has 4 rings (SSSR count). The lowest BCUT2D eigenvalue weighted by Gasteiger charge is -2.63. The summed E-state index contributed by atoms with van der Waals surface area (Å²) in [5, 5.41) is 41.6. The minimum Gasteiger partial charge on any atom is -0.390 e. The van der Waals surface area contributed by atoms with E-state index in [-0.39, 0.29) is 18.8 Å². The van der Waals surface area contributed by atoms with E-state index < -0.39 is 52.6 Å². The molecule has 3 fully saturated rings. The highest BCUT2D eigenvalue weighted by Gasteiger charge is 2.74. The first kappa shape index (κ1) is 19.5. The van der Waals surface area contributed by atoms with Crippen molar-refractivity contribution in [2.75, 3.05) is 6.61 Å². The van der Waals surface area contributed by atoms with Gasteiger partial charge in [0.25, 0.3) is 0 Å². The van der Waals surface area contributed by atoms with Crippen LogP contribution in [0.2, 0.25) is 0 Å². The molecule has 0 heterocycles. The molecule has 27 heavy (non-hydrogen) atoms. The van der Waals surface area contributed by atoms with Crippen LogP contribution in [0.5, 0.6) is 0 Å². The summed E-state index contributed by atoms with van der Waals surface area (Å²) in [4.78, 5) is 12.4. The number of allylic oxidation sites excluding steroid dienone is 1. The standard InChI is InChI=1S/C21H31FO5/c1-18-7-5-13(24)9-12(18)3-4-15-14-6-8-20(27,17(26)11-23)19(14,2)10-16(25)21(15,18)22/h9,13-16,23-25,27H,3-8,10-11H2,1-2H3/t13?,14-,15-,16-,18-,19-,20-,21-/m0/s1. The Morgan fingerprint density at radius 2 is 1.89 bits per heavy atom. The molecule has 4 aliphatic rings. The number of rotatable bonds is 2. The fourth-order valence-electron chi connectivity index (χ4n) is 7.31. The Morgan fingerprint density at radius 1 is 1.19 bits per heavy atom. The van der Waals surface area contributed by atoms with Gasteiger partial charge in [-0.3, -0.25) is 4.79 Å². The van der Waals surface area contributed by atoms with E-state index in [0.29, 0.717) is 32.1 Å². The lowest BCUT2D eigenvalue weighted by atomic mass is 9.44. The second kappa shape index (κ2) is 5.85. The van der Waals surface area contributed by atoms with E-state index in [0.717, 1.165) is 5.57 Å². The van der Waals surface area contributed by atoms with E-state index in [2.05, 4.69) is 0 Å². The molecule has 4 N–H and O–H groups in total. The number of halogens is 1.